The van der Waals surface area contributed by atoms with E-state index in [1.54, 1.807) is 0 Å². The minimum atomic E-state index is -0.957. The average Bonchev–Trinajstić information content (AvgIpc) is 2.19. The summed E-state index contributed by atoms with van der Waals surface area (Å²) < 4.78 is 4.84. The summed E-state index contributed by atoms with van der Waals surface area (Å²) in [6.07, 6.45) is 0.590. The van der Waals surface area contributed by atoms with Gasteiger partial charge in [-0.2, -0.15) is 0 Å². The smallest absolute Gasteiger partial charge is 0.410 e. The number of carboxylic acid groups (broad SMARTS) is 1. The number of carboxylic acids is 1. The summed E-state index contributed by atoms with van der Waals surface area (Å²) in [5, 5.41) is 8.98. The van der Waals surface area contributed by atoms with E-state index in [1.807, 2.05) is 19.0 Å². The van der Waals surface area contributed by atoms with Crippen molar-refractivity contribution in [2.24, 2.45) is 0 Å². The highest BCUT2D eigenvalue weighted by atomic mass is 16.6. The van der Waals surface area contributed by atoms with Crippen LogP contribution in [0.15, 0.2) is 0 Å². The molecule has 0 radical (unpaired) electrons. The molecule has 1 unspecified atom stereocenters. The quantitative estimate of drug-likeness (QED) is 0.732. The largest absolute Gasteiger partial charge is 0.480 e. The molecular formula is C10H18N2O4. The number of amides is 1. The number of hydrogen-bond donors (Lipinski definition) is 1. The van der Waals surface area contributed by atoms with E-state index < -0.39 is 18.1 Å². The molecule has 0 saturated carbocycles. The minimum absolute atomic E-state index is 0.194. The number of cyclic esters (lactones) is 1. The van der Waals surface area contributed by atoms with Crippen LogP contribution in [0, 0.1) is 0 Å². The van der Waals surface area contributed by atoms with Crippen molar-refractivity contribution in [1.29, 1.82) is 0 Å². The fourth-order valence-electron chi connectivity index (χ4n) is 1.69. The summed E-state index contributed by atoms with van der Waals surface area (Å²) in [6.45, 7) is 1.43. The average molecular weight is 230 g/mol. The lowest BCUT2D eigenvalue weighted by atomic mass is 10.1. The topological polar surface area (TPSA) is 70.1 Å². The fraction of sp³-hybridized carbons (Fsp3) is 0.800. The molecule has 1 heterocycles. The van der Waals surface area contributed by atoms with Gasteiger partial charge in [0.25, 0.3) is 0 Å². The Hall–Kier alpha value is -1.30. The lowest BCUT2D eigenvalue weighted by Crippen LogP contribution is -2.50. The highest BCUT2D eigenvalue weighted by Crippen LogP contribution is 2.14. The summed E-state index contributed by atoms with van der Waals surface area (Å²) in [7, 11) is 3.87. The standard InChI is InChI=1S/C10H18N2O4/c1-11(2)5-3-6-12-8(9(13)14)4-7-16-10(12)15/h8H,3-7H2,1-2H3,(H,13,14). The number of aliphatic carboxylic acids is 1. The summed E-state index contributed by atoms with van der Waals surface area (Å²) in [5.41, 5.74) is 0. The Morgan fingerprint density at radius 1 is 1.62 bits per heavy atom. The molecule has 0 bridgehead atoms. The van der Waals surface area contributed by atoms with Crippen LogP contribution in [0.2, 0.25) is 0 Å². The second-order valence-electron chi connectivity index (χ2n) is 4.11. The third kappa shape index (κ3) is 3.37. The molecule has 1 saturated heterocycles. The van der Waals surface area contributed by atoms with Crippen LogP contribution in [-0.4, -0.2) is 66.8 Å². The molecule has 92 valence electrons. The van der Waals surface area contributed by atoms with Gasteiger partial charge in [-0.1, -0.05) is 0 Å². The zero-order chi connectivity index (χ0) is 12.1. The van der Waals surface area contributed by atoms with Crippen LogP contribution in [0.1, 0.15) is 12.8 Å². The summed E-state index contributed by atoms with van der Waals surface area (Å²) in [5.74, 6) is -0.957. The Morgan fingerprint density at radius 3 is 2.88 bits per heavy atom. The molecule has 0 aromatic heterocycles. The third-order valence-corrected chi connectivity index (χ3v) is 2.52. The maximum absolute atomic E-state index is 11.4. The zero-order valence-corrected chi connectivity index (χ0v) is 9.68. The van der Waals surface area contributed by atoms with E-state index in [2.05, 4.69) is 0 Å². The van der Waals surface area contributed by atoms with Crippen LogP contribution < -0.4 is 0 Å². The predicted octanol–water partition coefficient (Wildman–Crippen LogP) is 0.234. The summed E-state index contributed by atoms with van der Waals surface area (Å²) in [4.78, 5) is 25.7. The molecule has 6 heteroatoms. The molecule has 16 heavy (non-hydrogen) atoms. The SMILES string of the molecule is CN(C)CCCN1C(=O)OCCC1C(=O)O. The number of ether oxygens (including phenoxy) is 1. The van der Waals surface area contributed by atoms with Gasteiger partial charge in [0.05, 0.1) is 6.61 Å². The molecule has 0 aliphatic carbocycles. The van der Waals surface area contributed by atoms with Gasteiger partial charge in [-0.05, 0) is 27.1 Å². The van der Waals surface area contributed by atoms with E-state index in [0.717, 1.165) is 13.0 Å². The molecule has 1 aliphatic rings. The molecule has 1 fully saturated rings. The van der Waals surface area contributed by atoms with Gasteiger partial charge in [0.2, 0.25) is 0 Å². The number of rotatable bonds is 5. The molecule has 0 spiro atoms. The maximum Gasteiger partial charge on any atom is 0.410 e. The highest BCUT2D eigenvalue weighted by Gasteiger charge is 2.34. The van der Waals surface area contributed by atoms with E-state index in [4.69, 9.17) is 9.84 Å². The maximum atomic E-state index is 11.4. The number of carbonyl (C=O) groups is 2. The lowest BCUT2D eigenvalue weighted by molar-refractivity contribution is -0.144. The molecule has 1 atom stereocenters. The minimum Gasteiger partial charge on any atom is -0.480 e. The van der Waals surface area contributed by atoms with Crippen LogP contribution in [0.4, 0.5) is 4.79 Å². The molecule has 0 aromatic carbocycles. The highest BCUT2D eigenvalue weighted by molar-refractivity contribution is 5.80. The van der Waals surface area contributed by atoms with E-state index in [0.29, 0.717) is 13.0 Å². The van der Waals surface area contributed by atoms with E-state index in [-0.39, 0.29) is 6.61 Å². The first-order chi connectivity index (χ1) is 7.52. The first-order valence-electron chi connectivity index (χ1n) is 5.33. The zero-order valence-electron chi connectivity index (χ0n) is 9.68. The van der Waals surface area contributed by atoms with Gasteiger partial charge in [-0.3, -0.25) is 4.90 Å². The van der Waals surface area contributed by atoms with Gasteiger partial charge in [-0.15, -0.1) is 0 Å². The van der Waals surface area contributed by atoms with E-state index >= 15 is 0 Å². The van der Waals surface area contributed by atoms with Gasteiger partial charge in [0.15, 0.2) is 0 Å². The van der Waals surface area contributed by atoms with Crippen molar-refractivity contribution in [3.8, 4) is 0 Å². The van der Waals surface area contributed by atoms with Crippen molar-refractivity contribution in [2.45, 2.75) is 18.9 Å². The van der Waals surface area contributed by atoms with Crippen LogP contribution in [-0.2, 0) is 9.53 Å². The Bertz CT molecular complexity index is 268. The molecule has 1 amide bonds. The summed E-state index contributed by atoms with van der Waals surface area (Å²) in [6, 6.07) is -0.733. The van der Waals surface area contributed by atoms with Gasteiger partial charge in [-0.25, -0.2) is 9.59 Å². The number of carbonyl (C=O) groups excluding carboxylic acids is 1. The van der Waals surface area contributed by atoms with Crippen LogP contribution in [0.3, 0.4) is 0 Å². The monoisotopic (exact) mass is 230 g/mol. The molecule has 0 aromatic rings. The first kappa shape index (κ1) is 12.8. The summed E-state index contributed by atoms with van der Waals surface area (Å²) >= 11 is 0. The molecule has 1 aliphatic heterocycles. The predicted molar refractivity (Wildman–Crippen MR) is 57.3 cm³/mol. The Labute approximate surface area is 94.8 Å². The van der Waals surface area contributed by atoms with E-state index in [1.165, 1.54) is 4.90 Å². The Kier molecular flexibility index (Phi) is 4.54. The van der Waals surface area contributed by atoms with Gasteiger partial charge in [0.1, 0.15) is 6.04 Å². The number of nitrogens with zero attached hydrogens (tertiary/aromatic N) is 2. The van der Waals surface area contributed by atoms with Crippen molar-refractivity contribution in [3.05, 3.63) is 0 Å². The van der Waals surface area contributed by atoms with Gasteiger partial charge >= 0.3 is 12.1 Å². The normalized spacial score (nSPS) is 21.1. The van der Waals surface area contributed by atoms with Crippen LogP contribution in [0.5, 0.6) is 0 Å². The van der Waals surface area contributed by atoms with Gasteiger partial charge in [0, 0.05) is 13.0 Å². The van der Waals surface area contributed by atoms with Crippen molar-refractivity contribution >= 4 is 12.1 Å². The molecule has 1 N–H and O–H groups in total. The third-order valence-electron chi connectivity index (χ3n) is 2.52. The first-order valence-corrected chi connectivity index (χ1v) is 5.33. The van der Waals surface area contributed by atoms with Crippen molar-refractivity contribution in [1.82, 2.24) is 9.80 Å². The Balaban J connectivity index is 2.50. The fourth-order valence-corrected chi connectivity index (χ4v) is 1.69. The number of hydrogen-bond acceptors (Lipinski definition) is 4. The Morgan fingerprint density at radius 2 is 2.31 bits per heavy atom. The van der Waals surface area contributed by atoms with Crippen molar-refractivity contribution in [2.75, 3.05) is 33.8 Å². The van der Waals surface area contributed by atoms with Crippen molar-refractivity contribution in [3.63, 3.8) is 0 Å². The molecule has 1 rings (SSSR count). The van der Waals surface area contributed by atoms with Gasteiger partial charge < -0.3 is 14.7 Å². The van der Waals surface area contributed by atoms with Crippen molar-refractivity contribution < 1.29 is 19.4 Å². The van der Waals surface area contributed by atoms with Crippen LogP contribution >= 0.6 is 0 Å². The second-order valence-corrected chi connectivity index (χ2v) is 4.11. The van der Waals surface area contributed by atoms with Crippen LogP contribution in [0.25, 0.3) is 0 Å². The molecular weight excluding hydrogens is 212 g/mol. The van der Waals surface area contributed by atoms with E-state index in [9.17, 15) is 9.59 Å². The second kappa shape index (κ2) is 5.69. The lowest BCUT2D eigenvalue weighted by Gasteiger charge is -2.32. The molecule has 6 nitrogen and oxygen atoms in total.